The van der Waals surface area contributed by atoms with Crippen LogP contribution in [-0.4, -0.2) is 50.3 Å². The summed E-state index contributed by atoms with van der Waals surface area (Å²) in [6, 6.07) is -0.107. The molecule has 2 amide bonds. The van der Waals surface area contributed by atoms with Crippen LogP contribution < -0.4 is 5.32 Å². The fraction of sp³-hybridized carbons (Fsp3) is 0.733. The summed E-state index contributed by atoms with van der Waals surface area (Å²) in [6.07, 6.45) is 2.63. The number of hydrogen-bond acceptors (Lipinski definition) is 4. The van der Waals surface area contributed by atoms with Gasteiger partial charge in [0.25, 0.3) is 0 Å². The van der Waals surface area contributed by atoms with Crippen LogP contribution in [0.5, 0.6) is 0 Å². The van der Waals surface area contributed by atoms with Gasteiger partial charge in [0.2, 0.25) is 0 Å². The molecule has 1 saturated heterocycles. The Hall–Kier alpha value is -2.12. The van der Waals surface area contributed by atoms with E-state index in [1.807, 2.05) is 13.8 Å². The number of carboxylic acids is 1. The van der Waals surface area contributed by atoms with Crippen LogP contribution >= 0.6 is 0 Å². The minimum Gasteiger partial charge on any atom is -0.481 e. The van der Waals surface area contributed by atoms with E-state index < -0.39 is 5.97 Å². The Kier molecular flexibility index (Phi) is 5.95. The summed E-state index contributed by atoms with van der Waals surface area (Å²) in [5, 5.41) is 18.5. The number of nitrogens with one attached hydrogen (secondary N) is 2. The SMILES string of the molecule is CC(C)c1n[nH]c(CNC(=O)N2CCC(CCC(=O)O)CC2)n1. The molecule has 0 atom stereocenters. The molecule has 0 aliphatic carbocycles. The number of carbonyl (C=O) groups is 2. The van der Waals surface area contributed by atoms with Gasteiger partial charge < -0.3 is 15.3 Å². The van der Waals surface area contributed by atoms with Crippen LogP contribution in [-0.2, 0) is 11.3 Å². The molecule has 0 radical (unpaired) electrons. The van der Waals surface area contributed by atoms with Gasteiger partial charge in [-0.3, -0.25) is 9.89 Å². The molecule has 2 heterocycles. The number of amides is 2. The lowest BCUT2D eigenvalue weighted by atomic mass is 9.92. The fourth-order valence-electron chi connectivity index (χ4n) is 2.67. The Morgan fingerprint density at radius 2 is 2.09 bits per heavy atom. The van der Waals surface area contributed by atoms with Crippen molar-refractivity contribution in [1.82, 2.24) is 25.4 Å². The third-order valence-corrected chi connectivity index (χ3v) is 4.14. The van der Waals surface area contributed by atoms with Crippen molar-refractivity contribution >= 4 is 12.0 Å². The zero-order valence-corrected chi connectivity index (χ0v) is 13.7. The van der Waals surface area contributed by atoms with E-state index in [0.29, 0.717) is 37.8 Å². The van der Waals surface area contributed by atoms with Gasteiger partial charge in [0, 0.05) is 25.4 Å². The van der Waals surface area contributed by atoms with Gasteiger partial charge in [-0.2, -0.15) is 5.10 Å². The molecule has 1 aliphatic heterocycles. The number of carbonyl (C=O) groups excluding carboxylic acids is 1. The number of hydrogen-bond donors (Lipinski definition) is 3. The maximum absolute atomic E-state index is 12.1. The van der Waals surface area contributed by atoms with E-state index in [1.165, 1.54) is 0 Å². The number of rotatable bonds is 6. The summed E-state index contributed by atoms with van der Waals surface area (Å²) >= 11 is 0. The van der Waals surface area contributed by atoms with Crippen LogP contribution in [0.15, 0.2) is 0 Å². The second-order valence-corrected chi connectivity index (χ2v) is 6.32. The predicted octanol–water partition coefficient (Wildman–Crippen LogP) is 1.71. The quantitative estimate of drug-likeness (QED) is 0.738. The number of urea groups is 1. The van der Waals surface area contributed by atoms with Crippen molar-refractivity contribution in [3.63, 3.8) is 0 Å². The van der Waals surface area contributed by atoms with E-state index in [9.17, 15) is 9.59 Å². The lowest BCUT2D eigenvalue weighted by Crippen LogP contribution is -2.44. The molecular formula is C15H25N5O3. The number of carboxylic acid groups (broad SMARTS) is 1. The van der Waals surface area contributed by atoms with Gasteiger partial charge in [-0.25, -0.2) is 9.78 Å². The maximum Gasteiger partial charge on any atom is 0.317 e. The second kappa shape index (κ2) is 7.94. The normalized spacial score (nSPS) is 15.9. The molecule has 0 spiro atoms. The zero-order valence-electron chi connectivity index (χ0n) is 13.7. The van der Waals surface area contributed by atoms with Crippen LogP contribution in [0.3, 0.4) is 0 Å². The number of H-pyrrole nitrogens is 1. The molecule has 0 aromatic carbocycles. The summed E-state index contributed by atoms with van der Waals surface area (Å²) in [7, 11) is 0. The number of nitrogens with zero attached hydrogens (tertiary/aromatic N) is 3. The van der Waals surface area contributed by atoms with E-state index in [-0.39, 0.29) is 18.4 Å². The highest BCUT2D eigenvalue weighted by molar-refractivity contribution is 5.74. The first-order valence-electron chi connectivity index (χ1n) is 8.11. The van der Waals surface area contributed by atoms with Gasteiger partial charge in [0.05, 0.1) is 6.54 Å². The molecule has 1 aliphatic rings. The second-order valence-electron chi connectivity index (χ2n) is 6.32. The summed E-state index contributed by atoms with van der Waals surface area (Å²) in [5.41, 5.74) is 0. The largest absolute Gasteiger partial charge is 0.481 e. The minimum absolute atomic E-state index is 0.107. The summed E-state index contributed by atoms with van der Waals surface area (Å²) in [5.74, 6) is 1.29. The molecule has 8 nitrogen and oxygen atoms in total. The first kappa shape index (κ1) is 17.2. The van der Waals surface area contributed by atoms with Crippen LogP contribution in [0, 0.1) is 5.92 Å². The molecule has 1 aromatic heterocycles. The first-order chi connectivity index (χ1) is 11.0. The van der Waals surface area contributed by atoms with Gasteiger partial charge >= 0.3 is 12.0 Å². The smallest absolute Gasteiger partial charge is 0.317 e. The highest BCUT2D eigenvalue weighted by atomic mass is 16.4. The van der Waals surface area contributed by atoms with Crippen LogP contribution in [0.25, 0.3) is 0 Å². The summed E-state index contributed by atoms with van der Waals surface area (Å²) < 4.78 is 0. The number of piperidine rings is 1. The standard InChI is InChI=1S/C15H25N5O3/c1-10(2)14-17-12(18-19-14)9-16-15(23)20-7-5-11(6-8-20)3-4-13(21)22/h10-11H,3-9H2,1-2H3,(H,16,23)(H,21,22)(H,17,18,19). The molecule has 2 rings (SSSR count). The average molecular weight is 323 g/mol. The van der Waals surface area contributed by atoms with Gasteiger partial charge in [-0.15, -0.1) is 0 Å². The molecule has 8 heteroatoms. The number of likely N-dealkylation sites (tertiary alicyclic amines) is 1. The molecule has 128 valence electrons. The van der Waals surface area contributed by atoms with E-state index in [0.717, 1.165) is 18.7 Å². The van der Waals surface area contributed by atoms with Crippen LogP contribution in [0.4, 0.5) is 4.79 Å². The molecule has 3 N–H and O–H groups in total. The van der Waals surface area contributed by atoms with E-state index in [2.05, 4.69) is 20.5 Å². The van der Waals surface area contributed by atoms with Gasteiger partial charge in [-0.1, -0.05) is 13.8 Å². The molecule has 1 fully saturated rings. The topological polar surface area (TPSA) is 111 Å². The Bertz CT molecular complexity index is 535. The number of aromatic amines is 1. The minimum atomic E-state index is -0.752. The summed E-state index contributed by atoms with van der Waals surface area (Å²) in [6.45, 7) is 5.70. The third kappa shape index (κ3) is 5.22. The molecule has 0 unspecified atom stereocenters. The van der Waals surface area contributed by atoms with E-state index in [4.69, 9.17) is 5.11 Å². The Labute approximate surface area is 135 Å². The van der Waals surface area contributed by atoms with Crippen molar-refractivity contribution in [2.45, 2.75) is 52.0 Å². The first-order valence-corrected chi connectivity index (χ1v) is 8.11. The van der Waals surface area contributed by atoms with Gasteiger partial charge in [-0.05, 0) is 25.2 Å². The highest BCUT2D eigenvalue weighted by Crippen LogP contribution is 2.21. The van der Waals surface area contributed by atoms with Crippen molar-refractivity contribution in [2.75, 3.05) is 13.1 Å². The third-order valence-electron chi connectivity index (χ3n) is 4.14. The molecular weight excluding hydrogens is 298 g/mol. The lowest BCUT2D eigenvalue weighted by molar-refractivity contribution is -0.137. The fourth-order valence-corrected chi connectivity index (χ4v) is 2.67. The van der Waals surface area contributed by atoms with Crippen molar-refractivity contribution in [3.8, 4) is 0 Å². The van der Waals surface area contributed by atoms with Crippen molar-refractivity contribution < 1.29 is 14.7 Å². The Balaban J connectivity index is 1.71. The molecule has 0 saturated carbocycles. The maximum atomic E-state index is 12.1. The van der Waals surface area contributed by atoms with Crippen molar-refractivity contribution in [3.05, 3.63) is 11.6 Å². The van der Waals surface area contributed by atoms with E-state index in [1.54, 1.807) is 4.90 Å². The molecule has 0 bridgehead atoms. The number of aromatic nitrogens is 3. The van der Waals surface area contributed by atoms with E-state index >= 15 is 0 Å². The Morgan fingerprint density at radius 1 is 1.39 bits per heavy atom. The Morgan fingerprint density at radius 3 is 2.65 bits per heavy atom. The highest BCUT2D eigenvalue weighted by Gasteiger charge is 2.23. The van der Waals surface area contributed by atoms with Crippen molar-refractivity contribution in [2.24, 2.45) is 5.92 Å². The average Bonchev–Trinajstić information content (AvgIpc) is 3.00. The van der Waals surface area contributed by atoms with Gasteiger partial charge in [0.1, 0.15) is 5.82 Å². The van der Waals surface area contributed by atoms with Gasteiger partial charge in [0.15, 0.2) is 5.82 Å². The van der Waals surface area contributed by atoms with Crippen LogP contribution in [0.1, 0.15) is 57.1 Å². The summed E-state index contributed by atoms with van der Waals surface area (Å²) in [4.78, 5) is 28.8. The predicted molar refractivity (Wildman–Crippen MR) is 83.9 cm³/mol. The molecule has 1 aromatic rings. The monoisotopic (exact) mass is 323 g/mol. The van der Waals surface area contributed by atoms with Crippen LogP contribution in [0.2, 0.25) is 0 Å². The number of aliphatic carboxylic acids is 1. The molecule has 23 heavy (non-hydrogen) atoms. The van der Waals surface area contributed by atoms with Crippen molar-refractivity contribution in [1.29, 1.82) is 0 Å². The lowest BCUT2D eigenvalue weighted by Gasteiger charge is -2.31. The zero-order chi connectivity index (χ0) is 16.8.